The summed E-state index contributed by atoms with van der Waals surface area (Å²) in [5, 5.41) is 0. The zero-order chi connectivity index (χ0) is 17.4. The van der Waals surface area contributed by atoms with Gasteiger partial charge in [-0.15, -0.1) is 0 Å². The highest BCUT2D eigenvalue weighted by Gasteiger charge is 2.31. The lowest BCUT2D eigenvalue weighted by atomic mass is 9.94. The maximum absolute atomic E-state index is 12.9. The van der Waals surface area contributed by atoms with Gasteiger partial charge in [0.15, 0.2) is 0 Å². The van der Waals surface area contributed by atoms with Crippen molar-refractivity contribution in [2.45, 2.75) is 17.9 Å². The smallest absolute Gasteiger partial charge is 0.241 e. The predicted molar refractivity (Wildman–Crippen MR) is 96.3 cm³/mol. The van der Waals surface area contributed by atoms with E-state index in [1.165, 1.54) is 0 Å². The molecule has 0 aromatic heterocycles. The van der Waals surface area contributed by atoms with Gasteiger partial charge in [-0.05, 0) is 30.7 Å². The van der Waals surface area contributed by atoms with Gasteiger partial charge in [0.1, 0.15) is 11.5 Å². The Morgan fingerprint density at radius 2 is 1.52 bits per heavy atom. The Hall–Kier alpha value is -2.63. The van der Waals surface area contributed by atoms with Gasteiger partial charge in [-0.3, -0.25) is 0 Å². The van der Waals surface area contributed by atoms with Crippen molar-refractivity contribution in [1.29, 1.82) is 0 Å². The van der Waals surface area contributed by atoms with Crippen LogP contribution < -0.4 is 9.46 Å². The standard InChI is InChI=1S/C20H17NO3S/c1-14-8-7-12-17-19(16-11-5-6-13-18(16)24-20(14)17)21-25(22,23)15-9-3-2-4-10-15/h2-13,19,21H,1H3. The summed E-state index contributed by atoms with van der Waals surface area (Å²) in [7, 11) is -3.66. The minimum Gasteiger partial charge on any atom is -0.456 e. The molecule has 0 saturated heterocycles. The Labute approximate surface area is 147 Å². The fourth-order valence-electron chi connectivity index (χ4n) is 3.08. The van der Waals surface area contributed by atoms with Crippen molar-refractivity contribution in [3.8, 4) is 11.5 Å². The molecular formula is C20H17NO3S. The van der Waals surface area contributed by atoms with E-state index < -0.39 is 16.1 Å². The first-order chi connectivity index (χ1) is 12.1. The highest BCUT2D eigenvalue weighted by Crippen LogP contribution is 2.44. The van der Waals surface area contributed by atoms with Crippen LogP contribution in [0.5, 0.6) is 11.5 Å². The number of ether oxygens (including phenoxy) is 1. The second kappa shape index (κ2) is 6.02. The van der Waals surface area contributed by atoms with Gasteiger partial charge in [-0.1, -0.05) is 54.6 Å². The molecule has 3 aromatic carbocycles. The Balaban J connectivity index is 1.84. The van der Waals surface area contributed by atoms with Crippen LogP contribution in [0, 0.1) is 6.92 Å². The van der Waals surface area contributed by atoms with Gasteiger partial charge in [-0.25, -0.2) is 8.42 Å². The summed E-state index contributed by atoms with van der Waals surface area (Å²) in [6.45, 7) is 1.95. The Morgan fingerprint density at radius 1 is 0.840 bits per heavy atom. The number of hydrogen-bond acceptors (Lipinski definition) is 3. The van der Waals surface area contributed by atoms with E-state index in [9.17, 15) is 8.42 Å². The highest BCUT2D eigenvalue weighted by molar-refractivity contribution is 7.89. The van der Waals surface area contributed by atoms with E-state index in [0.717, 1.165) is 16.7 Å². The normalized spacial score (nSPS) is 15.8. The van der Waals surface area contributed by atoms with Gasteiger partial charge in [-0.2, -0.15) is 4.72 Å². The lowest BCUT2D eigenvalue weighted by Gasteiger charge is -2.29. The zero-order valence-electron chi connectivity index (χ0n) is 13.6. The van der Waals surface area contributed by atoms with Crippen molar-refractivity contribution in [3.05, 3.63) is 89.5 Å². The molecule has 1 atom stereocenters. The number of rotatable bonds is 3. The fraction of sp³-hybridized carbons (Fsp3) is 0.100. The zero-order valence-corrected chi connectivity index (χ0v) is 14.5. The van der Waals surface area contributed by atoms with Crippen LogP contribution in [0.15, 0.2) is 77.7 Å². The summed E-state index contributed by atoms with van der Waals surface area (Å²) >= 11 is 0. The van der Waals surface area contributed by atoms with Crippen LogP contribution in [0.25, 0.3) is 0 Å². The van der Waals surface area contributed by atoms with E-state index in [2.05, 4.69) is 4.72 Å². The Kier molecular flexibility index (Phi) is 3.82. The first kappa shape index (κ1) is 15.9. The molecule has 1 aliphatic heterocycles. The molecule has 25 heavy (non-hydrogen) atoms. The van der Waals surface area contributed by atoms with E-state index in [1.54, 1.807) is 30.3 Å². The second-order valence-corrected chi connectivity index (χ2v) is 7.71. The number of aryl methyl sites for hydroxylation is 1. The monoisotopic (exact) mass is 351 g/mol. The average Bonchev–Trinajstić information content (AvgIpc) is 2.63. The molecule has 0 fully saturated rings. The topological polar surface area (TPSA) is 55.4 Å². The third-order valence-electron chi connectivity index (χ3n) is 4.32. The largest absolute Gasteiger partial charge is 0.456 e. The molecule has 1 unspecified atom stereocenters. The molecule has 0 spiro atoms. The number of nitrogens with one attached hydrogen (secondary N) is 1. The number of sulfonamides is 1. The van der Waals surface area contributed by atoms with Crippen LogP contribution in [0.2, 0.25) is 0 Å². The Morgan fingerprint density at radius 3 is 2.32 bits per heavy atom. The average molecular weight is 351 g/mol. The van der Waals surface area contributed by atoms with Crippen molar-refractivity contribution in [2.24, 2.45) is 0 Å². The molecule has 4 nitrogen and oxygen atoms in total. The third-order valence-corrected chi connectivity index (χ3v) is 5.76. The van der Waals surface area contributed by atoms with Crippen molar-refractivity contribution in [3.63, 3.8) is 0 Å². The summed E-state index contributed by atoms with van der Waals surface area (Å²) in [4.78, 5) is 0.244. The van der Waals surface area contributed by atoms with Gasteiger partial charge < -0.3 is 4.74 Å². The summed E-state index contributed by atoms with van der Waals surface area (Å²) in [6.07, 6.45) is 0. The van der Waals surface area contributed by atoms with Crippen molar-refractivity contribution in [1.82, 2.24) is 4.72 Å². The quantitative estimate of drug-likeness (QED) is 0.770. The van der Waals surface area contributed by atoms with Crippen LogP contribution in [0.3, 0.4) is 0 Å². The van der Waals surface area contributed by atoms with Crippen LogP contribution in [0.4, 0.5) is 0 Å². The molecule has 0 amide bonds. The van der Waals surface area contributed by atoms with Crippen LogP contribution in [-0.4, -0.2) is 8.42 Å². The maximum atomic E-state index is 12.9. The lowest BCUT2D eigenvalue weighted by molar-refractivity contribution is 0.437. The van der Waals surface area contributed by atoms with Gasteiger partial charge >= 0.3 is 0 Å². The van der Waals surface area contributed by atoms with Crippen LogP contribution in [-0.2, 0) is 10.0 Å². The first-order valence-electron chi connectivity index (χ1n) is 8.00. The minimum atomic E-state index is -3.66. The number of fused-ring (bicyclic) bond motifs is 2. The van der Waals surface area contributed by atoms with Gasteiger partial charge in [0.25, 0.3) is 0 Å². The van der Waals surface area contributed by atoms with Crippen molar-refractivity contribution < 1.29 is 13.2 Å². The predicted octanol–water partition coefficient (Wildman–Crippen LogP) is 4.17. The van der Waals surface area contributed by atoms with Gasteiger partial charge in [0.2, 0.25) is 10.0 Å². The van der Waals surface area contributed by atoms with E-state index in [0.29, 0.717) is 11.5 Å². The summed E-state index contributed by atoms with van der Waals surface area (Å²) < 4.78 is 34.6. The molecule has 4 rings (SSSR count). The molecule has 1 heterocycles. The van der Waals surface area contributed by atoms with Crippen molar-refractivity contribution >= 4 is 10.0 Å². The molecule has 1 aliphatic rings. The van der Waals surface area contributed by atoms with Crippen LogP contribution in [0.1, 0.15) is 22.7 Å². The number of hydrogen-bond donors (Lipinski definition) is 1. The summed E-state index contributed by atoms with van der Waals surface area (Å²) in [5.74, 6) is 1.38. The molecule has 0 bridgehead atoms. The SMILES string of the molecule is Cc1cccc2c1Oc1ccccc1C2NS(=O)(=O)c1ccccc1. The van der Waals surface area contributed by atoms with E-state index in [4.69, 9.17) is 4.74 Å². The minimum absolute atomic E-state index is 0.244. The van der Waals surface area contributed by atoms with Crippen molar-refractivity contribution in [2.75, 3.05) is 0 Å². The van der Waals surface area contributed by atoms with Gasteiger partial charge in [0, 0.05) is 11.1 Å². The molecule has 1 N–H and O–H groups in total. The highest BCUT2D eigenvalue weighted by atomic mass is 32.2. The third kappa shape index (κ3) is 2.81. The van der Waals surface area contributed by atoms with Gasteiger partial charge in [0.05, 0.1) is 10.9 Å². The summed E-state index contributed by atoms with van der Waals surface area (Å²) in [6, 6.07) is 21.2. The van der Waals surface area contributed by atoms with E-state index in [-0.39, 0.29) is 4.90 Å². The van der Waals surface area contributed by atoms with Crippen LogP contribution >= 0.6 is 0 Å². The number of benzene rings is 3. The molecular weight excluding hydrogens is 334 g/mol. The molecule has 5 heteroatoms. The second-order valence-electron chi connectivity index (χ2n) is 6.00. The summed E-state index contributed by atoms with van der Waals surface area (Å²) in [5.41, 5.74) is 2.59. The fourth-order valence-corrected chi connectivity index (χ4v) is 4.30. The Bertz CT molecular complexity index is 1030. The molecule has 0 saturated carbocycles. The molecule has 0 aliphatic carbocycles. The molecule has 126 valence electrons. The maximum Gasteiger partial charge on any atom is 0.241 e. The first-order valence-corrected chi connectivity index (χ1v) is 9.48. The molecule has 0 radical (unpaired) electrons. The number of para-hydroxylation sites is 2. The van der Waals surface area contributed by atoms with E-state index >= 15 is 0 Å². The van der Waals surface area contributed by atoms with E-state index in [1.807, 2.05) is 49.4 Å². The lowest BCUT2D eigenvalue weighted by Crippen LogP contribution is -2.31. The molecule has 3 aromatic rings.